The third kappa shape index (κ3) is 9.41. The molecule has 1 saturated heterocycles. The fourth-order valence-electron chi connectivity index (χ4n) is 9.72. The average molecular weight is 936 g/mol. The summed E-state index contributed by atoms with van der Waals surface area (Å²) in [5.41, 5.74) is 10.9. The predicted molar refractivity (Wildman–Crippen MR) is 272 cm³/mol. The van der Waals surface area contributed by atoms with Gasteiger partial charge in [-0.3, -0.25) is 9.89 Å². The molecule has 0 spiro atoms. The van der Waals surface area contributed by atoms with E-state index in [1.165, 1.54) is 46.0 Å². The number of carbonyl (C=O) groups is 2. The normalized spacial score (nSPS) is 15.4. The molecule has 0 amide bonds. The zero-order valence-corrected chi connectivity index (χ0v) is 39.8. The SMILES string of the molecule is CC(C)(C)OC(=O)n1c(C=O)cc2ccc(Cn3cnc(-c4cccc5c4cnn5C4CCCCO4)c3)cc21.c1cc(-c2cn(Cc3ccc4cc(CNCC5CCC5)[nH]c4c3)cn2)c2cn[nH]c2c1. The molecule has 1 aliphatic carbocycles. The van der Waals surface area contributed by atoms with E-state index < -0.39 is 11.7 Å². The molecule has 4 aromatic carbocycles. The second-order valence-corrected chi connectivity index (χ2v) is 19.7. The van der Waals surface area contributed by atoms with Gasteiger partial charge in [0, 0.05) is 77.1 Å². The van der Waals surface area contributed by atoms with E-state index in [1.807, 2.05) is 70.6 Å². The van der Waals surface area contributed by atoms with Gasteiger partial charge in [-0.2, -0.15) is 10.2 Å². The summed E-state index contributed by atoms with van der Waals surface area (Å²) < 4.78 is 19.0. The lowest BCUT2D eigenvalue weighted by molar-refractivity contribution is -0.0366. The molecule has 70 heavy (non-hydrogen) atoms. The van der Waals surface area contributed by atoms with Gasteiger partial charge in [-0.05, 0) is 118 Å². The maximum atomic E-state index is 12.9. The number of ether oxygens (including phenoxy) is 2. The maximum absolute atomic E-state index is 12.9. The van der Waals surface area contributed by atoms with Gasteiger partial charge < -0.3 is 28.9 Å². The molecule has 1 saturated carbocycles. The maximum Gasteiger partial charge on any atom is 0.419 e. The number of imidazole rings is 2. The Morgan fingerprint density at radius 1 is 0.800 bits per heavy atom. The van der Waals surface area contributed by atoms with Crippen LogP contribution in [0.15, 0.2) is 122 Å². The second-order valence-electron chi connectivity index (χ2n) is 19.7. The van der Waals surface area contributed by atoms with Crippen LogP contribution in [-0.4, -0.2) is 79.8 Å². The third-order valence-electron chi connectivity index (χ3n) is 13.4. The Balaban J connectivity index is 0.000000156. The number of hydrogen-bond acceptors (Lipinski definition) is 9. The largest absolute Gasteiger partial charge is 0.443 e. The minimum atomic E-state index is -0.679. The molecule has 0 radical (unpaired) electrons. The van der Waals surface area contributed by atoms with Crippen molar-refractivity contribution in [2.45, 2.75) is 90.8 Å². The molecule has 1 atom stereocenters. The number of hydrogen-bond donors (Lipinski definition) is 3. The van der Waals surface area contributed by atoms with Crippen LogP contribution in [0.1, 0.15) is 92.8 Å². The Kier molecular flexibility index (Phi) is 12.2. The Morgan fingerprint density at radius 2 is 1.54 bits per heavy atom. The van der Waals surface area contributed by atoms with Crippen LogP contribution in [0.4, 0.5) is 4.79 Å². The van der Waals surface area contributed by atoms with Gasteiger partial charge in [0.1, 0.15) is 5.60 Å². The van der Waals surface area contributed by atoms with Crippen LogP contribution in [0.5, 0.6) is 0 Å². The highest BCUT2D eigenvalue weighted by Crippen LogP contribution is 2.33. The zero-order valence-electron chi connectivity index (χ0n) is 39.8. The van der Waals surface area contributed by atoms with E-state index in [0.29, 0.717) is 18.3 Å². The number of nitrogens with one attached hydrogen (secondary N) is 3. The summed E-state index contributed by atoms with van der Waals surface area (Å²) in [5.74, 6) is 0.886. The first kappa shape index (κ1) is 44.9. The smallest absolute Gasteiger partial charge is 0.419 e. The molecule has 6 aromatic heterocycles. The van der Waals surface area contributed by atoms with Crippen LogP contribution in [0.3, 0.4) is 0 Å². The van der Waals surface area contributed by atoms with Gasteiger partial charge in [-0.1, -0.05) is 55.0 Å². The first-order valence-corrected chi connectivity index (χ1v) is 24.3. The van der Waals surface area contributed by atoms with Crippen molar-refractivity contribution in [3.05, 3.63) is 145 Å². The first-order chi connectivity index (χ1) is 34.1. The highest BCUT2D eigenvalue weighted by Gasteiger charge is 2.24. The molecular weight excluding hydrogens is 879 g/mol. The lowest BCUT2D eigenvalue weighted by atomic mass is 9.85. The van der Waals surface area contributed by atoms with Crippen molar-refractivity contribution in [2.75, 3.05) is 13.2 Å². The summed E-state index contributed by atoms with van der Waals surface area (Å²) in [4.78, 5) is 37.5. The zero-order chi connectivity index (χ0) is 47.8. The van der Waals surface area contributed by atoms with Crippen molar-refractivity contribution in [1.82, 2.24) is 53.9 Å². The Bertz CT molecular complexity index is 3480. The lowest BCUT2D eigenvalue weighted by Gasteiger charge is -2.25. The average Bonchev–Trinajstić information content (AvgIpc) is 4.21. The lowest BCUT2D eigenvalue weighted by Crippen LogP contribution is -2.28. The minimum absolute atomic E-state index is 0.0293. The van der Waals surface area contributed by atoms with E-state index in [2.05, 4.69) is 88.8 Å². The number of fused-ring (bicyclic) bond motifs is 4. The van der Waals surface area contributed by atoms with Crippen LogP contribution in [-0.2, 0) is 29.1 Å². The molecule has 2 fully saturated rings. The number of benzene rings is 4. The van der Waals surface area contributed by atoms with E-state index in [0.717, 1.165) is 107 Å². The molecule has 0 bridgehead atoms. The van der Waals surface area contributed by atoms with Crippen LogP contribution in [0.25, 0.3) is 66.1 Å². The van der Waals surface area contributed by atoms with Gasteiger partial charge in [0.25, 0.3) is 0 Å². The quantitative estimate of drug-likeness (QED) is 0.101. The first-order valence-electron chi connectivity index (χ1n) is 24.3. The van der Waals surface area contributed by atoms with Crippen LogP contribution >= 0.6 is 0 Å². The third-order valence-corrected chi connectivity index (χ3v) is 13.4. The highest BCUT2D eigenvalue weighted by atomic mass is 16.6. The number of aldehydes is 1. The Morgan fingerprint density at radius 3 is 2.26 bits per heavy atom. The fourth-order valence-corrected chi connectivity index (χ4v) is 9.72. The van der Waals surface area contributed by atoms with Crippen molar-refractivity contribution in [1.29, 1.82) is 0 Å². The summed E-state index contributed by atoms with van der Waals surface area (Å²) in [5, 5.41) is 19.6. The van der Waals surface area contributed by atoms with Crippen molar-refractivity contribution in [2.24, 2.45) is 5.92 Å². The molecule has 356 valence electrons. The molecule has 1 unspecified atom stereocenters. The summed E-state index contributed by atoms with van der Waals surface area (Å²) in [6.45, 7) is 9.54. The van der Waals surface area contributed by atoms with Crippen LogP contribution in [0, 0.1) is 5.92 Å². The molecule has 3 N–H and O–H groups in total. The molecule has 12 rings (SSSR count). The van der Waals surface area contributed by atoms with E-state index >= 15 is 0 Å². The fraction of sp³-hybridized carbons (Fsp3) is 0.309. The van der Waals surface area contributed by atoms with Crippen LogP contribution < -0.4 is 5.32 Å². The molecule has 1 aliphatic heterocycles. The summed E-state index contributed by atoms with van der Waals surface area (Å²) in [6, 6.07) is 28.8. The monoisotopic (exact) mass is 935 g/mol. The van der Waals surface area contributed by atoms with Gasteiger partial charge in [0.2, 0.25) is 0 Å². The van der Waals surface area contributed by atoms with E-state index in [9.17, 15) is 9.59 Å². The molecule has 10 aromatic rings. The molecule has 2 aliphatic rings. The van der Waals surface area contributed by atoms with Gasteiger partial charge in [0.15, 0.2) is 12.5 Å². The highest BCUT2D eigenvalue weighted by molar-refractivity contribution is 5.98. The molecular formula is C55H57N11O4. The van der Waals surface area contributed by atoms with E-state index in [-0.39, 0.29) is 11.9 Å². The number of aromatic nitrogens is 10. The van der Waals surface area contributed by atoms with Crippen molar-refractivity contribution in [3.63, 3.8) is 0 Å². The minimum Gasteiger partial charge on any atom is -0.443 e. The van der Waals surface area contributed by atoms with Crippen molar-refractivity contribution in [3.8, 4) is 22.5 Å². The molecule has 15 heteroatoms. The van der Waals surface area contributed by atoms with Gasteiger partial charge >= 0.3 is 6.09 Å². The summed E-state index contributed by atoms with van der Waals surface area (Å²) >= 11 is 0. The Hall–Kier alpha value is -7.62. The number of nitrogens with zero attached hydrogens (tertiary/aromatic N) is 8. The molecule has 7 heterocycles. The summed E-state index contributed by atoms with van der Waals surface area (Å²) in [6.07, 6.45) is 19.0. The van der Waals surface area contributed by atoms with Crippen molar-refractivity contribution < 1.29 is 19.1 Å². The Labute approximate surface area is 404 Å². The standard InChI is InChI=1S/C30H31N5O4.C25H26N6/c1-30(2,3)39-29(37)34-22(18-36)14-21-11-10-20(13-27(21)34)16-33-17-25(31-19-33)23-7-6-8-26-24(23)15-32-35(26)28-9-4-5-12-38-28;1-3-17(4-1)11-26-12-20-10-19-8-7-18(9-24(19)29-20)14-31-15-25(27-16-31)21-5-2-6-23-22(21)13-28-30-23/h6-8,10-11,13-15,17-19,28H,4-5,9,12,16H2,1-3H3;2,5-10,13,15-17,26,29H,1,3-4,11-12,14H2,(H,28,30). The van der Waals surface area contributed by atoms with E-state index in [1.54, 1.807) is 33.2 Å². The number of H-pyrrole nitrogens is 2. The van der Waals surface area contributed by atoms with Gasteiger partial charge in [0.05, 0.1) is 58.7 Å². The predicted octanol–water partition coefficient (Wildman–Crippen LogP) is 11.0. The number of carbonyl (C=O) groups excluding carboxylic acids is 2. The van der Waals surface area contributed by atoms with Gasteiger partial charge in [-0.25, -0.2) is 24.0 Å². The topological polar surface area (TPSA) is 167 Å². The summed E-state index contributed by atoms with van der Waals surface area (Å²) in [7, 11) is 0. The molecule has 15 nitrogen and oxygen atoms in total. The number of rotatable bonds is 12. The number of aromatic amines is 2. The van der Waals surface area contributed by atoms with E-state index in [4.69, 9.17) is 9.47 Å². The van der Waals surface area contributed by atoms with Gasteiger partial charge in [-0.15, -0.1) is 0 Å². The van der Waals surface area contributed by atoms with Crippen molar-refractivity contribution >= 4 is 56.0 Å². The second kappa shape index (κ2) is 19.1. The van der Waals surface area contributed by atoms with Crippen LogP contribution in [0.2, 0.25) is 0 Å².